The minimum Gasteiger partial charge on any atom is -0.383 e. The maximum absolute atomic E-state index is 12.4. The van der Waals surface area contributed by atoms with Gasteiger partial charge in [0.15, 0.2) is 0 Å². The zero-order chi connectivity index (χ0) is 14.3. The fourth-order valence-corrected chi connectivity index (χ4v) is 1.23. The number of ether oxygens (including phenoxy) is 1. The Labute approximate surface area is 108 Å². The van der Waals surface area contributed by atoms with E-state index in [1.807, 2.05) is 0 Å². The average molecular weight is 277 g/mol. The lowest BCUT2D eigenvalue weighted by Gasteiger charge is -2.09. The van der Waals surface area contributed by atoms with Crippen molar-refractivity contribution in [1.82, 2.24) is 10.3 Å². The predicted molar refractivity (Wildman–Crippen MR) is 62.6 cm³/mol. The van der Waals surface area contributed by atoms with Gasteiger partial charge in [0.1, 0.15) is 5.82 Å². The minimum atomic E-state index is -4.43. The van der Waals surface area contributed by atoms with E-state index in [0.29, 0.717) is 13.2 Å². The molecule has 0 radical (unpaired) electrons. The smallest absolute Gasteiger partial charge is 0.383 e. The van der Waals surface area contributed by atoms with Crippen LogP contribution in [0.5, 0.6) is 0 Å². The molecule has 1 rings (SSSR count). The first-order valence-corrected chi connectivity index (χ1v) is 5.46. The lowest BCUT2D eigenvalue weighted by molar-refractivity contribution is -0.137. The molecule has 0 bridgehead atoms. The molecule has 0 saturated carbocycles. The van der Waals surface area contributed by atoms with Crippen LogP contribution in [-0.4, -0.2) is 37.7 Å². The molecule has 1 aromatic rings. The van der Waals surface area contributed by atoms with Crippen LogP contribution < -0.4 is 10.6 Å². The van der Waals surface area contributed by atoms with Gasteiger partial charge in [-0.3, -0.25) is 4.79 Å². The number of methoxy groups -OCH3 is 1. The molecule has 0 aliphatic carbocycles. The molecule has 0 aliphatic rings. The number of nitrogens with one attached hydrogen (secondary N) is 2. The van der Waals surface area contributed by atoms with E-state index < -0.39 is 11.7 Å². The van der Waals surface area contributed by atoms with Gasteiger partial charge in [0, 0.05) is 19.9 Å². The predicted octanol–water partition coefficient (Wildman–Crippen LogP) is 1.27. The van der Waals surface area contributed by atoms with E-state index in [1.165, 1.54) is 7.11 Å². The molecule has 0 aromatic carbocycles. The molecule has 19 heavy (non-hydrogen) atoms. The van der Waals surface area contributed by atoms with E-state index in [-0.39, 0.29) is 18.3 Å². The normalized spacial score (nSPS) is 11.2. The van der Waals surface area contributed by atoms with Gasteiger partial charge in [-0.25, -0.2) is 4.98 Å². The lowest BCUT2D eigenvalue weighted by atomic mass is 10.2. The number of carbonyl (C=O) groups excluding carboxylic acids is 1. The van der Waals surface area contributed by atoms with Crippen molar-refractivity contribution in [1.29, 1.82) is 0 Å². The molecule has 2 N–H and O–H groups in total. The van der Waals surface area contributed by atoms with Crippen molar-refractivity contribution in [3.05, 3.63) is 23.9 Å². The van der Waals surface area contributed by atoms with Crippen molar-refractivity contribution >= 4 is 11.7 Å². The van der Waals surface area contributed by atoms with Crippen molar-refractivity contribution in [3.63, 3.8) is 0 Å². The first kappa shape index (κ1) is 15.2. The second kappa shape index (κ2) is 6.93. The Morgan fingerprint density at radius 2 is 2.21 bits per heavy atom. The van der Waals surface area contributed by atoms with E-state index in [9.17, 15) is 18.0 Å². The molecule has 0 unspecified atom stereocenters. The molecule has 0 fully saturated rings. The molecule has 1 amide bonds. The third-order valence-electron chi connectivity index (χ3n) is 2.15. The van der Waals surface area contributed by atoms with Crippen LogP contribution in [0.1, 0.15) is 5.56 Å². The molecule has 5 nitrogen and oxygen atoms in total. The summed E-state index contributed by atoms with van der Waals surface area (Å²) in [6.07, 6.45) is -3.39. The highest BCUT2D eigenvalue weighted by molar-refractivity contribution is 5.80. The molecule has 8 heteroatoms. The summed E-state index contributed by atoms with van der Waals surface area (Å²) in [6, 6.07) is 1.71. The molecular weight excluding hydrogens is 263 g/mol. The van der Waals surface area contributed by atoms with Gasteiger partial charge in [-0.05, 0) is 12.1 Å². The number of pyridine rings is 1. The SMILES string of the molecule is COCCNC(=O)CNc1cc(C(F)(F)F)ccn1. The van der Waals surface area contributed by atoms with E-state index >= 15 is 0 Å². The van der Waals surface area contributed by atoms with Crippen LogP contribution in [0.3, 0.4) is 0 Å². The first-order chi connectivity index (χ1) is 8.93. The van der Waals surface area contributed by atoms with Gasteiger partial charge in [-0.15, -0.1) is 0 Å². The summed E-state index contributed by atoms with van der Waals surface area (Å²) in [5.41, 5.74) is -0.815. The summed E-state index contributed by atoms with van der Waals surface area (Å²) in [5, 5.41) is 5.04. The maximum Gasteiger partial charge on any atom is 0.416 e. The van der Waals surface area contributed by atoms with E-state index in [1.54, 1.807) is 0 Å². The fourth-order valence-electron chi connectivity index (χ4n) is 1.23. The van der Waals surface area contributed by atoms with Crippen LogP contribution in [0.2, 0.25) is 0 Å². The number of nitrogens with zero attached hydrogens (tertiary/aromatic N) is 1. The zero-order valence-electron chi connectivity index (χ0n) is 10.3. The standard InChI is InChI=1S/C11H14F3N3O2/c1-19-5-4-16-10(18)7-17-9-6-8(2-3-15-9)11(12,13)14/h2-3,6H,4-5,7H2,1H3,(H,15,17)(H,16,18). The molecule has 0 aliphatic heterocycles. The molecule has 0 atom stereocenters. The molecular formula is C11H14F3N3O2. The van der Waals surface area contributed by atoms with Crippen molar-refractivity contribution in [2.24, 2.45) is 0 Å². The van der Waals surface area contributed by atoms with E-state index in [4.69, 9.17) is 4.74 Å². The van der Waals surface area contributed by atoms with Crippen molar-refractivity contribution < 1.29 is 22.7 Å². The summed E-state index contributed by atoms with van der Waals surface area (Å²) in [7, 11) is 1.50. The van der Waals surface area contributed by atoms with Crippen LogP contribution in [0.4, 0.5) is 19.0 Å². The van der Waals surface area contributed by atoms with Crippen LogP contribution in [-0.2, 0) is 15.7 Å². The molecule has 0 saturated heterocycles. The van der Waals surface area contributed by atoms with Gasteiger partial charge in [-0.2, -0.15) is 13.2 Å². The van der Waals surface area contributed by atoms with Gasteiger partial charge in [-0.1, -0.05) is 0 Å². The number of hydrogen-bond donors (Lipinski definition) is 2. The molecule has 1 aromatic heterocycles. The van der Waals surface area contributed by atoms with Gasteiger partial charge in [0.2, 0.25) is 5.91 Å². The van der Waals surface area contributed by atoms with Gasteiger partial charge in [0.25, 0.3) is 0 Å². The Bertz CT molecular complexity index is 424. The summed E-state index contributed by atoms with van der Waals surface area (Å²) in [4.78, 5) is 15.0. The number of halogens is 3. The van der Waals surface area contributed by atoms with E-state index in [2.05, 4.69) is 15.6 Å². The summed E-state index contributed by atoms with van der Waals surface area (Å²) >= 11 is 0. The molecule has 0 spiro atoms. The summed E-state index contributed by atoms with van der Waals surface area (Å²) < 4.78 is 42.0. The maximum atomic E-state index is 12.4. The Morgan fingerprint density at radius 3 is 2.84 bits per heavy atom. The van der Waals surface area contributed by atoms with Crippen LogP contribution in [0.15, 0.2) is 18.3 Å². The second-order valence-corrected chi connectivity index (χ2v) is 3.62. The number of aromatic nitrogens is 1. The minimum absolute atomic E-state index is 0.00304. The highest BCUT2D eigenvalue weighted by Gasteiger charge is 2.30. The van der Waals surface area contributed by atoms with Crippen molar-refractivity contribution in [2.75, 3.05) is 32.1 Å². The Hall–Kier alpha value is -1.83. The van der Waals surface area contributed by atoms with Gasteiger partial charge >= 0.3 is 6.18 Å². The van der Waals surface area contributed by atoms with Gasteiger partial charge in [0.05, 0.1) is 18.7 Å². The van der Waals surface area contributed by atoms with Crippen molar-refractivity contribution in [3.8, 4) is 0 Å². The Morgan fingerprint density at radius 1 is 1.47 bits per heavy atom. The number of rotatable bonds is 6. The number of amides is 1. The number of anilines is 1. The van der Waals surface area contributed by atoms with Crippen LogP contribution >= 0.6 is 0 Å². The Balaban J connectivity index is 2.47. The zero-order valence-corrected chi connectivity index (χ0v) is 10.3. The number of hydrogen-bond acceptors (Lipinski definition) is 4. The third-order valence-corrected chi connectivity index (χ3v) is 2.15. The largest absolute Gasteiger partial charge is 0.416 e. The number of carbonyl (C=O) groups is 1. The first-order valence-electron chi connectivity index (χ1n) is 5.46. The monoisotopic (exact) mass is 277 g/mol. The molecule has 1 heterocycles. The fraction of sp³-hybridized carbons (Fsp3) is 0.455. The quantitative estimate of drug-likeness (QED) is 0.769. The van der Waals surface area contributed by atoms with Crippen LogP contribution in [0.25, 0.3) is 0 Å². The second-order valence-electron chi connectivity index (χ2n) is 3.62. The highest BCUT2D eigenvalue weighted by Crippen LogP contribution is 2.29. The average Bonchev–Trinajstić information content (AvgIpc) is 2.36. The number of alkyl halides is 3. The van der Waals surface area contributed by atoms with Crippen molar-refractivity contribution in [2.45, 2.75) is 6.18 Å². The molecule has 106 valence electrons. The van der Waals surface area contributed by atoms with E-state index in [0.717, 1.165) is 18.3 Å². The Kier molecular flexibility index (Phi) is 5.56. The summed E-state index contributed by atoms with van der Waals surface area (Å²) in [6.45, 7) is 0.554. The van der Waals surface area contributed by atoms with Gasteiger partial charge < -0.3 is 15.4 Å². The third kappa shape index (κ3) is 5.56. The van der Waals surface area contributed by atoms with Crippen LogP contribution in [0, 0.1) is 0 Å². The highest BCUT2D eigenvalue weighted by atomic mass is 19.4. The summed E-state index contributed by atoms with van der Waals surface area (Å²) in [5.74, 6) is -0.354. The topological polar surface area (TPSA) is 63.2 Å². The lowest BCUT2D eigenvalue weighted by Crippen LogP contribution is -2.32.